The monoisotopic (exact) mass is 222 g/mol. The first-order valence-electron chi connectivity index (χ1n) is 4.55. The largest absolute Gasteiger partial charge is 0.382 e. The standard InChI is InChI=1S/C10H11ClN4/c1-7-4-10(12)14-15(7)6-9-3-2-8(11)5-13-9/h2-5H,6H2,1H3,(H2,12,14). The molecule has 0 unspecified atom stereocenters. The minimum absolute atomic E-state index is 0.529. The zero-order valence-corrected chi connectivity index (χ0v) is 9.07. The second-order valence-electron chi connectivity index (χ2n) is 3.34. The molecule has 2 N–H and O–H groups in total. The van der Waals surface area contributed by atoms with E-state index in [1.807, 2.05) is 29.8 Å². The van der Waals surface area contributed by atoms with Crippen LogP contribution in [0.2, 0.25) is 5.02 Å². The molecule has 2 heterocycles. The number of nitrogens with two attached hydrogens (primary N) is 1. The van der Waals surface area contributed by atoms with Crippen LogP contribution in [0.5, 0.6) is 0 Å². The fraction of sp³-hybridized carbons (Fsp3) is 0.200. The van der Waals surface area contributed by atoms with Gasteiger partial charge in [-0.2, -0.15) is 5.10 Å². The van der Waals surface area contributed by atoms with Crippen molar-refractivity contribution in [1.82, 2.24) is 14.8 Å². The normalized spacial score (nSPS) is 10.5. The van der Waals surface area contributed by atoms with Gasteiger partial charge in [-0.3, -0.25) is 9.67 Å². The second kappa shape index (κ2) is 3.90. The number of nitrogens with zero attached hydrogens (tertiary/aromatic N) is 3. The Kier molecular flexibility index (Phi) is 2.60. The highest BCUT2D eigenvalue weighted by molar-refractivity contribution is 6.30. The van der Waals surface area contributed by atoms with Crippen molar-refractivity contribution < 1.29 is 0 Å². The van der Waals surface area contributed by atoms with E-state index in [4.69, 9.17) is 17.3 Å². The molecule has 0 fully saturated rings. The summed E-state index contributed by atoms with van der Waals surface area (Å²) in [4.78, 5) is 4.19. The number of pyridine rings is 1. The highest BCUT2D eigenvalue weighted by Crippen LogP contribution is 2.09. The maximum absolute atomic E-state index is 5.75. The average molecular weight is 223 g/mol. The number of aryl methyl sites for hydroxylation is 1. The minimum Gasteiger partial charge on any atom is -0.382 e. The molecular formula is C10H11ClN4. The lowest BCUT2D eigenvalue weighted by atomic mass is 10.3. The van der Waals surface area contributed by atoms with Gasteiger partial charge in [-0.1, -0.05) is 11.6 Å². The van der Waals surface area contributed by atoms with Crippen molar-refractivity contribution >= 4 is 17.4 Å². The number of hydrogen-bond donors (Lipinski definition) is 1. The first-order valence-corrected chi connectivity index (χ1v) is 4.93. The summed E-state index contributed by atoms with van der Waals surface area (Å²) >= 11 is 5.75. The van der Waals surface area contributed by atoms with Gasteiger partial charge in [0.25, 0.3) is 0 Å². The summed E-state index contributed by atoms with van der Waals surface area (Å²) in [5.74, 6) is 0.529. The van der Waals surface area contributed by atoms with Crippen molar-refractivity contribution in [2.24, 2.45) is 0 Å². The molecule has 0 bridgehead atoms. The molecule has 0 spiro atoms. The van der Waals surface area contributed by atoms with Gasteiger partial charge in [-0.05, 0) is 19.1 Å². The van der Waals surface area contributed by atoms with Crippen LogP contribution < -0.4 is 5.73 Å². The van der Waals surface area contributed by atoms with E-state index >= 15 is 0 Å². The number of hydrogen-bond acceptors (Lipinski definition) is 3. The van der Waals surface area contributed by atoms with Crippen LogP contribution in [0.1, 0.15) is 11.4 Å². The maximum Gasteiger partial charge on any atom is 0.145 e. The Morgan fingerprint density at radius 3 is 2.80 bits per heavy atom. The van der Waals surface area contributed by atoms with E-state index in [9.17, 15) is 0 Å². The van der Waals surface area contributed by atoms with Crippen molar-refractivity contribution in [3.05, 3.63) is 40.8 Å². The van der Waals surface area contributed by atoms with E-state index in [1.54, 1.807) is 6.20 Å². The second-order valence-corrected chi connectivity index (χ2v) is 3.77. The molecule has 0 saturated heterocycles. The molecule has 2 aromatic heterocycles. The van der Waals surface area contributed by atoms with Gasteiger partial charge < -0.3 is 5.73 Å². The molecule has 0 atom stereocenters. The van der Waals surface area contributed by atoms with Gasteiger partial charge in [0.2, 0.25) is 0 Å². The first kappa shape index (κ1) is 9.98. The lowest BCUT2D eigenvalue weighted by molar-refractivity contribution is 0.655. The predicted octanol–water partition coefficient (Wildman–Crippen LogP) is 1.87. The lowest BCUT2D eigenvalue weighted by Crippen LogP contribution is -2.05. The van der Waals surface area contributed by atoms with Gasteiger partial charge >= 0.3 is 0 Å². The fourth-order valence-corrected chi connectivity index (χ4v) is 1.46. The van der Waals surface area contributed by atoms with Crippen molar-refractivity contribution in [1.29, 1.82) is 0 Å². The van der Waals surface area contributed by atoms with E-state index in [0.717, 1.165) is 11.4 Å². The van der Waals surface area contributed by atoms with Crippen molar-refractivity contribution in [3.63, 3.8) is 0 Å². The van der Waals surface area contributed by atoms with Crippen LogP contribution in [0, 0.1) is 6.92 Å². The predicted molar refractivity (Wildman–Crippen MR) is 59.7 cm³/mol. The number of anilines is 1. The smallest absolute Gasteiger partial charge is 0.145 e. The van der Waals surface area contributed by atoms with E-state index in [-0.39, 0.29) is 0 Å². The van der Waals surface area contributed by atoms with Gasteiger partial charge in [-0.15, -0.1) is 0 Å². The summed E-state index contributed by atoms with van der Waals surface area (Å²) in [6, 6.07) is 5.52. The Labute approximate surface area is 92.7 Å². The van der Waals surface area contributed by atoms with Crippen LogP contribution in [0.25, 0.3) is 0 Å². The van der Waals surface area contributed by atoms with Crippen LogP contribution in [-0.2, 0) is 6.54 Å². The molecule has 2 aromatic rings. The fourth-order valence-electron chi connectivity index (χ4n) is 1.35. The Hall–Kier alpha value is -1.55. The molecule has 0 aliphatic carbocycles. The summed E-state index contributed by atoms with van der Waals surface area (Å²) in [5.41, 5.74) is 7.51. The third-order valence-electron chi connectivity index (χ3n) is 2.10. The molecule has 0 amide bonds. The summed E-state index contributed by atoms with van der Waals surface area (Å²) < 4.78 is 1.81. The van der Waals surface area contributed by atoms with Gasteiger partial charge in [0.05, 0.1) is 17.3 Å². The molecular weight excluding hydrogens is 212 g/mol. The molecule has 78 valence electrons. The topological polar surface area (TPSA) is 56.7 Å². The van der Waals surface area contributed by atoms with Gasteiger partial charge in [0.1, 0.15) is 5.82 Å². The van der Waals surface area contributed by atoms with E-state index in [2.05, 4.69) is 10.1 Å². The van der Waals surface area contributed by atoms with E-state index < -0.39 is 0 Å². The summed E-state index contributed by atoms with van der Waals surface area (Å²) in [7, 11) is 0. The molecule has 15 heavy (non-hydrogen) atoms. The van der Waals surface area contributed by atoms with Gasteiger partial charge in [-0.25, -0.2) is 0 Å². The molecule has 0 aliphatic heterocycles. The minimum atomic E-state index is 0.529. The van der Waals surface area contributed by atoms with Gasteiger partial charge in [0, 0.05) is 18.0 Å². The molecule has 5 heteroatoms. The molecule has 4 nitrogen and oxygen atoms in total. The number of nitrogen functional groups attached to an aromatic ring is 1. The van der Waals surface area contributed by atoms with Crippen LogP contribution in [0.4, 0.5) is 5.82 Å². The first-order chi connectivity index (χ1) is 7.15. The Bertz CT molecular complexity index is 461. The van der Waals surface area contributed by atoms with Crippen molar-refractivity contribution in [2.45, 2.75) is 13.5 Å². The van der Waals surface area contributed by atoms with Crippen LogP contribution >= 0.6 is 11.6 Å². The van der Waals surface area contributed by atoms with Crippen LogP contribution in [-0.4, -0.2) is 14.8 Å². The van der Waals surface area contributed by atoms with E-state index in [0.29, 0.717) is 17.4 Å². The number of halogens is 1. The number of rotatable bonds is 2. The molecule has 0 aromatic carbocycles. The average Bonchev–Trinajstić information content (AvgIpc) is 2.49. The van der Waals surface area contributed by atoms with Crippen molar-refractivity contribution in [2.75, 3.05) is 5.73 Å². The molecule has 0 aliphatic rings. The maximum atomic E-state index is 5.75. The molecule has 0 radical (unpaired) electrons. The zero-order valence-electron chi connectivity index (χ0n) is 8.31. The van der Waals surface area contributed by atoms with Crippen LogP contribution in [0.3, 0.4) is 0 Å². The van der Waals surface area contributed by atoms with Gasteiger partial charge in [0.15, 0.2) is 0 Å². The Morgan fingerprint density at radius 2 is 2.27 bits per heavy atom. The van der Waals surface area contributed by atoms with Crippen LogP contribution in [0.15, 0.2) is 24.4 Å². The third-order valence-corrected chi connectivity index (χ3v) is 2.32. The Morgan fingerprint density at radius 1 is 1.47 bits per heavy atom. The summed E-state index contributed by atoms with van der Waals surface area (Å²) in [6.07, 6.45) is 1.62. The summed E-state index contributed by atoms with van der Waals surface area (Å²) in [6.45, 7) is 2.57. The number of aromatic nitrogens is 3. The molecule has 2 rings (SSSR count). The third kappa shape index (κ3) is 2.27. The van der Waals surface area contributed by atoms with Crippen molar-refractivity contribution in [3.8, 4) is 0 Å². The molecule has 0 saturated carbocycles. The Balaban J connectivity index is 2.21. The zero-order chi connectivity index (χ0) is 10.8. The highest BCUT2D eigenvalue weighted by Gasteiger charge is 2.02. The quantitative estimate of drug-likeness (QED) is 0.844. The lowest BCUT2D eigenvalue weighted by Gasteiger charge is -2.03. The van der Waals surface area contributed by atoms with E-state index in [1.165, 1.54) is 0 Å². The highest BCUT2D eigenvalue weighted by atomic mass is 35.5. The summed E-state index contributed by atoms with van der Waals surface area (Å²) in [5, 5.41) is 4.78. The SMILES string of the molecule is Cc1cc(N)nn1Cc1ccc(Cl)cn1.